The molecule has 3 aromatic heterocycles. The quantitative estimate of drug-likeness (QED) is 0.670. The SMILES string of the molecule is CCn1c(Sc2nc(C)nc3c2CCCC3)nnc1-c1ccccn1. The molecule has 0 bridgehead atoms. The molecule has 128 valence electrons. The van der Waals surface area contributed by atoms with E-state index in [-0.39, 0.29) is 0 Å². The number of fused-ring (bicyclic) bond motifs is 1. The Bertz CT molecular complexity index is 890. The molecule has 0 radical (unpaired) electrons. The molecule has 0 aromatic carbocycles. The highest BCUT2D eigenvalue weighted by molar-refractivity contribution is 7.99. The van der Waals surface area contributed by atoms with E-state index in [1.807, 2.05) is 25.1 Å². The van der Waals surface area contributed by atoms with Crippen LogP contribution in [0.3, 0.4) is 0 Å². The van der Waals surface area contributed by atoms with Crippen LogP contribution in [0.2, 0.25) is 0 Å². The van der Waals surface area contributed by atoms with Crippen LogP contribution >= 0.6 is 11.8 Å². The van der Waals surface area contributed by atoms with Crippen LogP contribution in [0.1, 0.15) is 36.8 Å². The minimum atomic E-state index is 0.785. The Hall–Kier alpha value is -2.28. The first-order valence-corrected chi connectivity index (χ1v) is 9.46. The third kappa shape index (κ3) is 3.16. The summed E-state index contributed by atoms with van der Waals surface area (Å²) in [6, 6.07) is 5.83. The fourth-order valence-corrected chi connectivity index (χ4v) is 4.28. The molecule has 0 N–H and O–H groups in total. The highest BCUT2D eigenvalue weighted by Crippen LogP contribution is 2.33. The van der Waals surface area contributed by atoms with Crippen LogP contribution in [0.25, 0.3) is 11.5 Å². The Morgan fingerprint density at radius 3 is 2.80 bits per heavy atom. The van der Waals surface area contributed by atoms with Gasteiger partial charge in [-0.05, 0) is 63.4 Å². The molecule has 1 aliphatic carbocycles. The lowest BCUT2D eigenvalue weighted by atomic mass is 9.97. The average molecular weight is 352 g/mol. The number of hydrogen-bond donors (Lipinski definition) is 0. The van der Waals surface area contributed by atoms with Gasteiger partial charge in [-0.25, -0.2) is 9.97 Å². The van der Waals surface area contributed by atoms with Gasteiger partial charge in [-0.15, -0.1) is 10.2 Å². The van der Waals surface area contributed by atoms with E-state index in [2.05, 4.69) is 31.7 Å². The predicted octanol–water partition coefficient (Wildman–Crippen LogP) is 3.49. The van der Waals surface area contributed by atoms with Crippen molar-refractivity contribution in [3.63, 3.8) is 0 Å². The minimum Gasteiger partial charge on any atom is -0.301 e. The maximum absolute atomic E-state index is 4.69. The highest BCUT2D eigenvalue weighted by atomic mass is 32.2. The molecule has 0 aliphatic heterocycles. The molecule has 0 spiro atoms. The lowest BCUT2D eigenvalue weighted by molar-refractivity contribution is 0.638. The van der Waals surface area contributed by atoms with Gasteiger partial charge in [0.1, 0.15) is 16.5 Å². The number of pyridine rings is 1. The standard InChI is InChI=1S/C18H20N6S/c1-3-24-16(15-10-6-7-11-19-15)22-23-18(24)25-17-13-8-4-5-9-14(13)20-12(2)21-17/h6-7,10-11H,3-5,8-9H2,1-2H3. The van der Waals surface area contributed by atoms with Crippen molar-refractivity contribution >= 4 is 11.8 Å². The zero-order valence-corrected chi connectivity index (χ0v) is 15.3. The molecule has 7 heteroatoms. The van der Waals surface area contributed by atoms with Gasteiger partial charge in [0.15, 0.2) is 11.0 Å². The molecule has 4 rings (SSSR count). The summed E-state index contributed by atoms with van der Waals surface area (Å²) in [7, 11) is 0. The normalized spacial score (nSPS) is 13.7. The van der Waals surface area contributed by atoms with Crippen molar-refractivity contribution in [2.45, 2.75) is 56.3 Å². The summed E-state index contributed by atoms with van der Waals surface area (Å²) in [6.07, 6.45) is 6.29. The molecule has 0 amide bonds. The number of rotatable bonds is 4. The van der Waals surface area contributed by atoms with E-state index in [0.717, 1.165) is 46.9 Å². The van der Waals surface area contributed by atoms with Crippen molar-refractivity contribution in [3.05, 3.63) is 41.5 Å². The lowest BCUT2D eigenvalue weighted by Gasteiger charge is -2.18. The Balaban J connectivity index is 1.73. The van der Waals surface area contributed by atoms with E-state index < -0.39 is 0 Å². The Kier molecular flexibility index (Phi) is 4.48. The maximum Gasteiger partial charge on any atom is 0.197 e. The van der Waals surface area contributed by atoms with E-state index in [1.165, 1.54) is 24.1 Å². The zero-order chi connectivity index (χ0) is 17.2. The summed E-state index contributed by atoms with van der Waals surface area (Å²) in [5.41, 5.74) is 3.32. The minimum absolute atomic E-state index is 0.785. The molecule has 0 unspecified atom stereocenters. The molecular weight excluding hydrogens is 332 g/mol. The molecule has 0 atom stereocenters. The largest absolute Gasteiger partial charge is 0.301 e. The van der Waals surface area contributed by atoms with Gasteiger partial charge in [0, 0.05) is 24.0 Å². The van der Waals surface area contributed by atoms with Gasteiger partial charge in [-0.1, -0.05) is 6.07 Å². The lowest BCUT2D eigenvalue weighted by Crippen LogP contribution is -2.10. The summed E-state index contributed by atoms with van der Waals surface area (Å²) < 4.78 is 2.10. The smallest absolute Gasteiger partial charge is 0.197 e. The van der Waals surface area contributed by atoms with E-state index >= 15 is 0 Å². The zero-order valence-electron chi connectivity index (χ0n) is 14.4. The molecule has 6 nitrogen and oxygen atoms in total. The summed E-state index contributed by atoms with van der Waals surface area (Å²) in [6.45, 7) is 4.84. The van der Waals surface area contributed by atoms with E-state index in [0.29, 0.717) is 0 Å². The third-order valence-corrected chi connectivity index (χ3v) is 5.39. The summed E-state index contributed by atoms with van der Waals surface area (Å²) in [5, 5.41) is 10.7. The van der Waals surface area contributed by atoms with Gasteiger partial charge < -0.3 is 4.57 Å². The first-order valence-electron chi connectivity index (χ1n) is 8.65. The van der Waals surface area contributed by atoms with Crippen LogP contribution in [0.4, 0.5) is 0 Å². The molecule has 1 aliphatic rings. The van der Waals surface area contributed by atoms with Gasteiger partial charge in [0.2, 0.25) is 0 Å². The molecule has 3 aromatic rings. The summed E-state index contributed by atoms with van der Waals surface area (Å²) in [5.74, 6) is 1.63. The Morgan fingerprint density at radius 2 is 2.00 bits per heavy atom. The van der Waals surface area contributed by atoms with E-state index in [1.54, 1.807) is 18.0 Å². The molecule has 0 saturated carbocycles. The van der Waals surface area contributed by atoms with Crippen LogP contribution in [0, 0.1) is 6.92 Å². The van der Waals surface area contributed by atoms with Crippen LogP contribution < -0.4 is 0 Å². The fraction of sp³-hybridized carbons (Fsp3) is 0.389. The Labute approximate surface area is 151 Å². The monoisotopic (exact) mass is 352 g/mol. The number of aromatic nitrogens is 6. The van der Waals surface area contributed by atoms with Gasteiger partial charge in [-0.2, -0.15) is 0 Å². The maximum atomic E-state index is 4.69. The summed E-state index contributed by atoms with van der Waals surface area (Å²) in [4.78, 5) is 13.7. The van der Waals surface area contributed by atoms with Crippen molar-refractivity contribution < 1.29 is 0 Å². The van der Waals surface area contributed by atoms with Gasteiger partial charge >= 0.3 is 0 Å². The summed E-state index contributed by atoms with van der Waals surface area (Å²) >= 11 is 1.59. The fourth-order valence-electron chi connectivity index (χ4n) is 3.18. The molecule has 25 heavy (non-hydrogen) atoms. The first kappa shape index (κ1) is 16.2. The molecule has 0 saturated heterocycles. The van der Waals surface area contributed by atoms with Crippen molar-refractivity contribution in [3.8, 4) is 11.5 Å². The van der Waals surface area contributed by atoms with E-state index in [4.69, 9.17) is 4.98 Å². The second kappa shape index (κ2) is 6.92. The van der Waals surface area contributed by atoms with Gasteiger partial charge in [-0.3, -0.25) is 4.98 Å². The number of nitrogens with zero attached hydrogens (tertiary/aromatic N) is 6. The highest BCUT2D eigenvalue weighted by Gasteiger charge is 2.21. The molecule has 3 heterocycles. The predicted molar refractivity (Wildman–Crippen MR) is 96.5 cm³/mol. The average Bonchev–Trinajstić information content (AvgIpc) is 3.05. The van der Waals surface area contributed by atoms with Crippen LogP contribution in [-0.2, 0) is 19.4 Å². The van der Waals surface area contributed by atoms with Gasteiger partial charge in [0.05, 0.1) is 0 Å². The molecule has 0 fully saturated rings. The third-order valence-electron chi connectivity index (χ3n) is 4.37. The second-order valence-corrected chi connectivity index (χ2v) is 7.03. The topological polar surface area (TPSA) is 69.4 Å². The van der Waals surface area contributed by atoms with Crippen LogP contribution in [0.15, 0.2) is 34.6 Å². The Morgan fingerprint density at radius 1 is 1.12 bits per heavy atom. The number of aryl methyl sites for hydroxylation is 2. The van der Waals surface area contributed by atoms with Crippen LogP contribution in [0.5, 0.6) is 0 Å². The first-order chi connectivity index (χ1) is 12.3. The van der Waals surface area contributed by atoms with E-state index in [9.17, 15) is 0 Å². The van der Waals surface area contributed by atoms with Gasteiger partial charge in [0.25, 0.3) is 0 Å². The second-order valence-electron chi connectivity index (χ2n) is 6.08. The number of hydrogen-bond acceptors (Lipinski definition) is 6. The van der Waals surface area contributed by atoms with Crippen molar-refractivity contribution in [1.82, 2.24) is 29.7 Å². The van der Waals surface area contributed by atoms with Crippen molar-refractivity contribution in [2.24, 2.45) is 0 Å². The van der Waals surface area contributed by atoms with Crippen LogP contribution in [-0.4, -0.2) is 29.7 Å². The van der Waals surface area contributed by atoms with Crippen molar-refractivity contribution in [2.75, 3.05) is 0 Å². The van der Waals surface area contributed by atoms with Crippen molar-refractivity contribution in [1.29, 1.82) is 0 Å². The molecular formula is C18H20N6S.